The van der Waals surface area contributed by atoms with Gasteiger partial charge >= 0.3 is 0 Å². The molecule has 0 aromatic heterocycles. The van der Waals surface area contributed by atoms with Crippen molar-refractivity contribution in [2.45, 2.75) is 25.9 Å². The zero-order valence-electron chi connectivity index (χ0n) is 20.9. The smallest absolute Gasteiger partial charge is 0.244 e. The topological polar surface area (TPSA) is 86.8 Å². The Balaban J connectivity index is 2.07. The van der Waals surface area contributed by atoms with E-state index in [1.165, 1.54) is 11.0 Å². The van der Waals surface area contributed by atoms with Crippen molar-refractivity contribution in [2.24, 2.45) is 0 Å². The number of anilines is 1. The first-order valence-corrected chi connectivity index (χ1v) is 14.8. The molecule has 3 aromatic carbocycles. The molecule has 0 spiro atoms. The number of hydrogen-bond donors (Lipinski definition) is 1. The van der Waals surface area contributed by atoms with Gasteiger partial charge < -0.3 is 10.2 Å². The Morgan fingerprint density at radius 3 is 2.21 bits per heavy atom. The Kier molecular flexibility index (Phi) is 10.4. The van der Waals surface area contributed by atoms with Crippen molar-refractivity contribution in [2.75, 3.05) is 23.7 Å². The molecule has 2 amide bonds. The van der Waals surface area contributed by atoms with Crippen molar-refractivity contribution in [1.82, 2.24) is 10.2 Å². The SMILES string of the molecule is CCNC(=O)[C@@H](Cc1ccccc1)N(Cc1ccc(Cl)cc1Cl)C(=O)CN(c1cccc(Cl)c1)S(C)(=O)=O. The van der Waals surface area contributed by atoms with Gasteiger partial charge in [-0.25, -0.2) is 8.42 Å². The summed E-state index contributed by atoms with van der Waals surface area (Å²) in [7, 11) is -3.88. The van der Waals surface area contributed by atoms with Crippen molar-refractivity contribution in [3.05, 3.63) is 99.0 Å². The molecule has 1 N–H and O–H groups in total. The highest BCUT2D eigenvalue weighted by atomic mass is 35.5. The first-order valence-electron chi connectivity index (χ1n) is 11.8. The lowest BCUT2D eigenvalue weighted by Crippen LogP contribution is -2.53. The fraction of sp³-hybridized carbons (Fsp3) is 0.259. The Morgan fingerprint density at radius 1 is 0.921 bits per heavy atom. The summed E-state index contributed by atoms with van der Waals surface area (Å²) in [5.41, 5.74) is 1.62. The number of amides is 2. The van der Waals surface area contributed by atoms with E-state index in [1.54, 1.807) is 43.3 Å². The molecule has 3 rings (SSSR count). The van der Waals surface area contributed by atoms with E-state index in [4.69, 9.17) is 34.8 Å². The van der Waals surface area contributed by atoms with Crippen molar-refractivity contribution in [1.29, 1.82) is 0 Å². The molecule has 11 heteroatoms. The van der Waals surface area contributed by atoms with E-state index < -0.39 is 28.5 Å². The van der Waals surface area contributed by atoms with Crippen LogP contribution in [0.1, 0.15) is 18.1 Å². The summed E-state index contributed by atoms with van der Waals surface area (Å²) in [6.07, 6.45) is 1.21. The minimum absolute atomic E-state index is 0.0450. The summed E-state index contributed by atoms with van der Waals surface area (Å²) in [4.78, 5) is 28.6. The lowest BCUT2D eigenvalue weighted by atomic mass is 10.0. The minimum atomic E-state index is -3.88. The van der Waals surface area contributed by atoms with Crippen LogP contribution in [0.4, 0.5) is 5.69 Å². The molecule has 0 saturated carbocycles. The van der Waals surface area contributed by atoms with Gasteiger partial charge in [0.05, 0.1) is 11.9 Å². The van der Waals surface area contributed by atoms with E-state index in [-0.39, 0.29) is 24.6 Å². The molecule has 0 unspecified atom stereocenters. The van der Waals surface area contributed by atoms with Crippen molar-refractivity contribution in [3.8, 4) is 0 Å². The second-order valence-corrected chi connectivity index (χ2v) is 11.8. The third kappa shape index (κ3) is 8.11. The van der Waals surface area contributed by atoms with E-state index in [9.17, 15) is 18.0 Å². The Bertz CT molecular complexity index is 1390. The Morgan fingerprint density at radius 2 is 1.61 bits per heavy atom. The number of sulfonamides is 1. The van der Waals surface area contributed by atoms with Gasteiger partial charge in [0, 0.05) is 34.6 Å². The lowest BCUT2D eigenvalue weighted by molar-refractivity contribution is -0.140. The van der Waals surface area contributed by atoms with Crippen LogP contribution in [0.25, 0.3) is 0 Å². The number of halogens is 3. The molecule has 0 saturated heterocycles. The standard InChI is InChI=1S/C27H28Cl3N3O4S/c1-3-31-27(35)25(14-19-8-5-4-6-9-19)32(17-20-12-13-22(29)16-24(20)30)26(34)18-33(38(2,36)37)23-11-7-10-21(28)15-23/h4-13,15-16,25H,3,14,17-18H2,1-2H3,(H,31,35)/t25-/m1/s1. The van der Waals surface area contributed by atoms with Crippen LogP contribution in [0.15, 0.2) is 72.8 Å². The summed E-state index contributed by atoms with van der Waals surface area (Å²) in [5.74, 6) is -0.961. The van der Waals surface area contributed by atoms with Gasteiger partial charge in [0.2, 0.25) is 21.8 Å². The van der Waals surface area contributed by atoms with Crippen LogP contribution in [0.2, 0.25) is 15.1 Å². The van der Waals surface area contributed by atoms with Gasteiger partial charge in [0.25, 0.3) is 0 Å². The summed E-state index contributed by atoms with van der Waals surface area (Å²) in [5, 5.41) is 3.86. The van der Waals surface area contributed by atoms with E-state index in [0.717, 1.165) is 16.1 Å². The molecule has 0 heterocycles. The molecular weight excluding hydrogens is 569 g/mol. The predicted octanol–water partition coefficient (Wildman–Crippen LogP) is 5.19. The van der Waals surface area contributed by atoms with Crippen LogP contribution in [0, 0.1) is 0 Å². The maximum Gasteiger partial charge on any atom is 0.244 e. The molecule has 3 aromatic rings. The maximum atomic E-state index is 13.9. The highest BCUT2D eigenvalue weighted by Gasteiger charge is 2.33. The van der Waals surface area contributed by atoms with Gasteiger partial charge in [-0.1, -0.05) is 77.3 Å². The lowest BCUT2D eigenvalue weighted by Gasteiger charge is -2.33. The second-order valence-electron chi connectivity index (χ2n) is 8.61. The number of benzene rings is 3. The van der Waals surface area contributed by atoms with Gasteiger partial charge in [-0.2, -0.15) is 0 Å². The third-order valence-corrected chi connectivity index (χ3v) is 7.72. The maximum absolute atomic E-state index is 13.9. The molecule has 202 valence electrons. The molecule has 38 heavy (non-hydrogen) atoms. The van der Waals surface area contributed by atoms with Gasteiger partial charge in [-0.3, -0.25) is 13.9 Å². The molecule has 0 aliphatic carbocycles. The average molecular weight is 597 g/mol. The summed E-state index contributed by atoms with van der Waals surface area (Å²) >= 11 is 18.6. The first kappa shape index (κ1) is 29.8. The fourth-order valence-electron chi connectivity index (χ4n) is 3.92. The molecule has 0 bridgehead atoms. The zero-order valence-corrected chi connectivity index (χ0v) is 24.0. The number of rotatable bonds is 11. The summed E-state index contributed by atoms with van der Waals surface area (Å²) < 4.78 is 26.5. The van der Waals surface area contributed by atoms with Crippen LogP contribution in [0.3, 0.4) is 0 Å². The number of hydrogen-bond acceptors (Lipinski definition) is 4. The normalized spacial score (nSPS) is 12.0. The summed E-state index contributed by atoms with van der Waals surface area (Å²) in [6, 6.07) is 19.4. The molecule has 0 fully saturated rings. The van der Waals surface area contributed by atoms with Gasteiger partial charge in [0.1, 0.15) is 12.6 Å². The monoisotopic (exact) mass is 595 g/mol. The van der Waals surface area contributed by atoms with Crippen LogP contribution in [0.5, 0.6) is 0 Å². The van der Waals surface area contributed by atoms with E-state index in [0.29, 0.717) is 27.2 Å². The quantitative estimate of drug-likeness (QED) is 0.330. The summed E-state index contributed by atoms with van der Waals surface area (Å²) in [6.45, 7) is 1.54. The molecule has 1 atom stereocenters. The van der Waals surface area contributed by atoms with E-state index >= 15 is 0 Å². The fourth-order valence-corrected chi connectivity index (χ4v) is 5.42. The van der Waals surface area contributed by atoms with Gasteiger partial charge in [-0.05, 0) is 48.4 Å². The number of carbonyl (C=O) groups is 2. The van der Waals surface area contributed by atoms with Gasteiger partial charge in [-0.15, -0.1) is 0 Å². The highest BCUT2D eigenvalue weighted by Crippen LogP contribution is 2.26. The number of likely N-dealkylation sites (N-methyl/N-ethyl adjacent to an activating group) is 1. The van der Waals surface area contributed by atoms with E-state index in [1.807, 2.05) is 30.3 Å². The highest BCUT2D eigenvalue weighted by molar-refractivity contribution is 7.92. The van der Waals surface area contributed by atoms with Crippen molar-refractivity contribution in [3.63, 3.8) is 0 Å². The van der Waals surface area contributed by atoms with Crippen molar-refractivity contribution >= 4 is 62.3 Å². The van der Waals surface area contributed by atoms with Gasteiger partial charge in [0.15, 0.2) is 0 Å². The van der Waals surface area contributed by atoms with Crippen LogP contribution < -0.4 is 9.62 Å². The van der Waals surface area contributed by atoms with Crippen LogP contribution >= 0.6 is 34.8 Å². The Hall–Kier alpha value is -2.78. The number of nitrogens with one attached hydrogen (secondary N) is 1. The van der Waals surface area contributed by atoms with Crippen molar-refractivity contribution < 1.29 is 18.0 Å². The average Bonchev–Trinajstić information content (AvgIpc) is 2.85. The number of nitrogens with zero attached hydrogens (tertiary/aromatic N) is 2. The van der Waals surface area contributed by atoms with E-state index in [2.05, 4.69) is 5.32 Å². The predicted molar refractivity (Wildman–Crippen MR) is 153 cm³/mol. The molecular formula is C27H28Cl3N3O4S. The molecule has 0 radical (unpaired) electrons. The molecule has 0 aliphatic heterocycles. The number of carbonyl (C=O) groups excluding carboxylic acids is 2. The largest absolute Gasteiger partial charge is 0.355 e. The molecule has 7 nitrogen and oxygen atoms in total. The third-order valence-electron chi connectivity index (χ3n) is 5.75. The van der Waals surface area contributed by atoms with Crippen LogP contribution in [-0.2, 0) is 32.6 Å². The second kappa shape index (κ2) is 13.3. The zero-order chi connectivity index (χ0) is 27.9. The minimum Gasteiger partial charge on any atom is -0.355 e. The Labute approximate surface area is 238 Å². The first-order chi connectivity index (χ1) is 18.0. The molecule has 0 aliphatic rings. The van der Waals surface area contributed by atoms with Crippen LogP contribution in [-0.4, -0.2) is 50.5 Å².